The first kappa shape index (κ1) is 32.4. The van der Waals surface area contributed by atoms with E-state index in [1.807, 2.05) is 6.92 Å². The standard InChI is InChI=1S/C29H21F11O3/c1-2-3-15-12-41-27(42-13-15)17-10-19(30)18(20(31)11-17)5-4-14-6-21(32)25(22(33)7-14)16-8-23(34)26(24(35)9-16)28(36,37)43-29(38,39)40/h4-11,15,27H,2-3,12-13H2,1H3/b5-4+. The maximum absolute atomic E-state index is 14.8. The molecule has 0 saturated carbocycles. The van der Waals surface area contributed by atoms with Crippen molar-refractivity contribution in [1.82, 2.24) is 0 Å². The first-order chi connectivity index (χ1) is 20.1. The second-order valence-corrected chi connectivity index (χ2v) is 9.62. The number of rotatable bonds is 8. The molecule has 0 bridgehead atoms. The van der Waals surface area contributed by atoms with Crippen LogP contribution in [0.3, 0.4) is 0 Å². The molecule has 1 fully saturated rings. The Morgan fingerprint density at radius 1 is 0.744 bits per heavy atom. The zero-order valence-electron chi connectivity index (χ0n) is 22.0. The van der Waals surface area contributed by atoms with Gasteiger partial charge in [0.05, 0.1) is 18.8 Å². The Morgan fingerprint density at radius 2 is 1.28 bits per heavy atom. The molecule has 0 atom stereocenters. The molecule has 0 aliphatic carbocycles. The van der Waals surface area contributed by atoms with E-state index < -0.39 is 75.9 Å². The van der Waals surface area contributed by atoms with Gasteiger partial charge in [0.15, 0.2) is 6.29 Å². The van der Waals surface area contributed by atoms with Crippen LogP contribution in [0.25, 0.3) is 23.3 Å². The largest absolute Gasteiger partial charge is 0.527 e. The van der Waals surface area contributed by atoms with E-state index in [4.69, 9.17) is 9.47 Å². The fourth-order valence-corrected chi connectivity index (χ4v) is 4.55. The third-order valence-electron chi connectivity index (χ3n) is 6.41. The summed E-state index contributed by atoms with van der Waals surface area (Å²) in [6.07, 6.45) is -8.86. The Morgan fingerprint density at radius 3 is 1.77 bits per heavy atom. The van der Waals surface area contributed by atoms with Crippen molar-refractivity contribution in [3.63, 3.8) is 0 Å². The van der Waals surface area contributed by atoms with Gasteiger partial charge < -0.3 is 9.47 Å². The highest BCUT2D eigenvalue weighted by Crippen LogP contribution is 2.41. The highest BCUT2D eigenvalue weighted by Gasteiger charge is 2.49. The lowest BCUT2D eigenvalue weighted by Crippen LogP contribution is -2.29. The van der Waals surface area contributed by atoms with Gasteiger partial charge in [0.1, 0.15) is 40.5 Å². The van der Waals surface area contributed by atoms with E-state index in [9.17, 15) is 48.3 Å². The Balaban J connectivity index is 1.57. The molecule has 0 spiro atoms. The number of hydrogen-bond acceptors (Lipinski definition) is 3. The number of benzene rings is 3. The fraction of sp³-hybridized carbons (Fsp3) is 0.310. The lowest BCUT2D eigenvalue weighted by Gasteiger charge is -2.29. The molecule has 0 radical (unpaired) electrons. The van der Waals surface area contributed by atoms with E-state index >= 15 is 0 Å². The summed E-state index contributed by atoms with van der Waals surface area (Å²) in [5.41, 5.74) is -5.30. The van der Waals surface area contributed by atoms with Gasteiger partial charge in [-0.25, -0.2) is 31.1 Å². The quantitative estimate of drug-likeness (QED) is 0.184. The maximum Gasteiger partial charge on any atom is 0.527 e. The zero-order valence-corrected chi connectivity index (χ0v) is 22.0. The molecule has 43 heavy (non-hydrogen) atoms. The van der Waals surface area contributed by atoms with Gasteiger partial charge in [0, 0.05) is 17.0 Å². The SMILES string of the molecule is CCCC1COC(c2cc(F)c(/C=C/c3cc(F)c(-c4cc(F)c(C(F)(F)OC(F)(F)F)c(F)c4)c(F)c3)c(F)c2)OC1. The maximum atomic E-state index is 14.8. The van der Waals surface area contributed by atoms with E-state index in [0.717, 1.165) is 37.1 Å². The monoisotopic (exact) mass is 626 g/mol. The average Bonchev–Trinajstić information content (AvgIpc) is 2.86. The van der Waals surface area contributed by atoms with Crippen molar-refractivity contribution in [1.29, 1.82) is 0 Å². The van der Waals surface area contributed by atoms with Crippen LogP contribution in [0.2, 0.25) is 0 Å². The van der Waals surface area contributed by atoms with Gasteiger partial charge in [-0.15, -0.1) is 13.2 Å². The van der Waals surface area contributed by atoms with Gasteiger partial charge in [-0.05, 0) is 60.0 Å². The molecule has 0 N–H and O–H groups in total. The highest BCUT2D eigenvalue weighted by molar-refractivity contribution is 5.73. The predicted octanol–water partition coefficient (Wildman–Crippen LogP) is 9.41. The van der Waals surface area contributed by atoms with Crippen molar-refractivity contribution in [3.8, 4) is 11.1 Å². The summed E-state index contributed by atoms with van der Waals surface area (Å²) in [5.74, 6) is -9.42. The summed E-state index contributed by atoms with van der Waals surface area (Å²) in [6.45, 7) is 2.69. The molecular formula is C29H21F11O3. The molecule has 1 heterocycles. The molecule has 1 aliphatic rings. The predicted molar refractivity (Wildman–Crippen MR) is 131 cm³/mol. The summed E-state index contributed by atoms with van der Waals surface area (Å²) in [7, 11) is 0. The molecule has 0 unspecified atom stereocenters. The van der Waals surface area contributed by atoms with Crippen LogP contribution in [0.15, 0.2) is 36.4 Å². The van der Waals surface area contributed by atoms with E-state index in [1.54, 1.807) is 0 Å². The van der Waals surface area contributed by atoms with Gasteiger partial charge in [0.2, 0.25) is 0 Å². The van der Waals surface area contributed by atoms with Crippen LogP contribution >= 0.6 is 0 Å². The summed E-state index contributed by atoms with van der Waals surface area (Å²) in [6, 6.07) is 3.18. The van der Waals surface area contributed by atoms with E-state index in [1.165, 1.54) is 0 Å². The number of ether oxygens (including phenoxy) is 3. The molecule has 4 rings (SSSR count). The van der Waals surface area contributed by atoms with Gasteiger partial charge in [-0.3, -0.25) is 0 Å². The Hall–Kier alpha value is -3.49. The zero-order chi connectivity index (χ0) is 31.7. The lowest BCUT2D eigenvalue weighted by molar-refractivity contribution is -0.432. The minimum absolute atomic E-state index is 0.000922. The van der Waals surface area contributed by atoms with Gasteiger partial charge in [-0.2, -0.15) is 8.78 Å². The number of alkyl halides is 5. The fourth-order valence-electron chi connectivity index (χ4n) is 4.55. The van der Waals surface area contributed by atoms with Crippen LogP contribution in [0.5, 0.6) is 0 Å². The molecule has 1 saturated heterocycles. The van der Waals surface area contributed by atoms with Gasteiger partial charge in [0.25, 0.3) is 0 Å². The molecule has 3 aromatic carbocycles. The topological polar surface area (TPSA) is 27.7 Å². The summed E-state index contributed by atoms with van der Waals surface area (Å²) >= 11 is 0. The third-order valence-corrected chi connectivity index (χ3v) is 6.41. The van der Waals surface area contributed by atoms with Crippen LogP contribution in [-0.2, 0) is 20.3 Å². The van der Waals surface area contributed by atoms with Crippen molar-refractivity contribution in [2.75, 3.05) is 13.2 Å². The van der Waals surface area contributed by atoms with Crippen LogP contribution in [0.4, 0.5) is 48.3 Å². The summed E-state index contributed by atoms with van der Waals surface area (Å²) in [4.78, 5) is 0. The van der Waals surface area contributed by atoms with Gasteiger partial charge in [-0.1, -0.05) is 19.4 Å². The average molecular weight is 626 g/mol. The summed E-state index contributed by atoms with van der Waals surface area (Å²) in [5, 5.41) is 0. The lowest BCUT2D eigenvalue weighted by atomic mass is 9.99. The number of halogens is 11. The van der Waals surface area contributed by atoms with Crippen molar-refractivity contribution >= 4 is 12.2 Å². The smallest absolute Gasteiger partial charge is 0.348 e. The van der Waals surface area contributed by atoms with Crippen molar-refractivity contribution in [2.45, 2.75) is 38.5 Å². The molecule has 0 amide bonds. The first-order valence-electron chi connectivity index (χ1n) is 12.6. The molecule has 1 aliphatic heterocycles. The molecule has 14 heteroatoms. The van der Waals surface area contributed by atoms with Crippen LogP contribution < -0.4 is 0 Å². The highest BCUT2D eigenvalue weighted by atomic mass is 19.4. The third kappa shape index (κ3) is 7.54. The van der Waals surface area contributed by atoms with E-state index in [2.05, 4.69) is 4.74 Å². The van der Waals surface area contributed by atoms with Crippen LogP contribution in [-0.4, -0.2) is 19.6 Å². The van der Waals surface area contributed by atoms with E-state index in [-0.39, 0.29) is 29.2 Å². The summed E-state index contributed by atoms with van der Waals surface area (Å²) < 4.78 is 165. The van der Waals surface area contributed by atoms with Crippen molar-refractivity contribution < 1.29 is 62.5 Å². The molecule has 3 aromatic rings. The van der Waals surface area contributed by atoms with Crippen LogP contribution in [0.1, 0.15) is 48.3 Å². The molecule has 232 valence electrons. The number of hydrogen-bond donors (Lipinski definition) is 0. The van der Waals surface area contributed by atoms with Crippen molar-refractivity contribution in [3.05, 3.63) is 93.6 Å². The minimum atomic E-state index is -5.97. The second kappa shape index (κ2) is 12.6. The Labute approximate surface area is 237 Å². The first-order valence-corrected chi connectivity index (χ1v) is 12.6. The second-order valence-electron chi connectivity index (χ2n) is 9.62. The van der Waals surface area contributed by atoms with Crippen LogP contribution in [0, 0.1) is 40.8 Å². The molecule has 0 aromatic heterocycles. The Bertz CT molecular complexity index is 1440. The molecular weight excluding hydrogens is 605 g/mol. The minimum Gasteiger partial charge on any atom is -0.348 e. The normalized spacial score (nSPS) is 18.0. The Kier molecular flexibility index (Phi) is 9.52. The van der Waals surface area contributed by atoms with Gasteiger partial charge >= 0.3 is 12.5 Å². The molecule has 3 nitrogen and oxygen atoms in total. The van der Waals surface area contributed by atoms with Crippen molar-refractivity contribution in [2.24, 2.45) is 5.92 Å². The van der Waals surface area contributed by atoms with E-state index in [0.29, 0.717) is 25.3 Å².